The summed E-state index contributed by atoms with van der Waals surface area (Å²) in [6, 6.07) is 15.0. The smallest absolute Gasteiger partial charge is 0.270 e. The normalized spacial score (nSPS) is 11.7. The molecule has 0 saturated heterocycles. The maximum Gasteiger partial charge on any atom is 0.270 e. The molecule has 0 radical (unpaired) electrons. The number of amides is 1. The standard InChI is InChI=1S/C30H41N3O3S/c1-21(2)17-31-29(34)25-20-37-28(32-25)19-33(18-23-8-11-24(12-9-23)30(3,4)5)15-14-22-10-13-26(35-6)27(16-22)36-7/h8-13,16,20-21H,14-15,17-19H2,1-7H3,(H,31,34). The highest BCUT2D eigenvalue weighted by Gasteiger charge is 2.16. The number of nitrogens with one attached hydrogen (secondary N) is 1. The molecule has 0 atom stereocenters. The van der Waals surface area contributed by atoms with E-state index in [-0.39, 0.29) is 11.3 Å². The van der Waals surface area contributed by atoms with Crippen LogP contribution < -0.4 is 14.8 Å². The highest BCUT2D eigenvalue weighted by Crippen LogP contribution is 2.28. The van der Waals surface area contributed by atoms with Gasteiger partial charge in [-0.1, -0.05) is 65.0 Å². The van der Waals surface area contributed by atoms with E-state index >= 15 is 0 Å². The van der Waals surface area contributed by atoms with Crippen LogP contribution in [0.1, 0.15) is 66.8 Å². The van der Waals surface area contributed by atoms with Crippen LogP contribution in [0.3, 0.4) is 0 Å². The van der Waals surface area contributed by atoms with E-state index in [1.807, 2.05) is 17.5 Å². The van der Waals surface area contributed by atoms with Crippen LogP contribution in [0.15, 0.2) is 47.8 Å². The van der Waals surface area contributed by atoms with Gasteiger partial charge < -0.3 is 14.8 Å². The summed E-state index contributed by atoms with van der Waals surface area (Å²) in [5, 5.41) is 5.75. The summed E-state index contributed by atoms with van der Waals surface area (Å²) in [7, 11) is 3.31. The Morgan fingerprint density at radius 3 is 2.30 bits per heavy atom. The SMILES string of the molecule is COc1ccc(CCN(Cc2ccc(C(C)(C)C)cc2)Cc2nc(C(=O)NCC(C)C)cs2)cc1OC. The van der Waals surface area contributed by atoms with Gasteiger partial charge in [0.2, 0.25) is 0 Å². The quantitative estimate of drug-likeness (QED) is 0.311. The Hall–Kier alpha value is -2.90. The van der Waals surface area contributed by atoms with Crippen molar-refractivity contribution in [2.45, 2.75) is 59.5 Å². The molecule has 2 aromatic carbocycles. The van der Waals surface area contributed by atoms with Crippen LogP contribution in [0, 0.1) is 5.92 Å². The zero-order chi connectivity index (χ0) is 27.0. The van der Waals surface area contributed by atoms with Crippen molar-refractivity contribution in [2.24, 2.45) is 5.92 Å². The zero-order valence-electron chi connectivity index (χ0n) is 23.3. The lowest BCUT2D eigenvalue weighted by Gasteiger charge is -2.23. The molecule has 0 bridgehead atoms. The molecule has 0 unspecified atom stereocenters. The molecule has 0 aliphatic carbocycles. The summed E-state index contributed by atoms with van der Waals surface area (Å²) in [5.41, 5.74) is 4.38. The van der Waals surface area contributed by atoms with Crippen molar-refractivity contribution < 1.29 is 14.3 Å². The third-order valence-corrected chi connectivity index (χ3v) is 7.04. The maximum atomic E-state index is 12.5. The van der Waals surface area contributed by atoms with Gasteiger partial charge in [-0.3, -0.25) is 9.69 Å². The fourth-order valence-electron chi connectivity index (χ4n) is 3.97. The minimum Gasteiger partial charge on any atom is -0.493 e. The van der Waals surface area contributed by atoms with E-state index in [0.29, 0.717) is 24.7 Å². The summed E-state index contributed by atoms with van der Waals surface area (Å²) in [6.45, 7) is 13.8. The summed E-state index contributed by atoms with van der Waals surface area (Å²) in [6.07, 6.45) is 0.855. The largest absolute Gasteiger partial charge is 0.493 e. The number of aromatic nitrogens is 1. The van der Waals surface area contributed by atoms with Gasteiger partial charge in [-0.15, -0.1) is 11.3 Å². The Balaban J connectivity index is 1.75. The van der Waals surface area contributed by atoms with E-state index in [9.17, 15) is 4.79 Å². The molecule has 0 spiro atoms. The Labute approximate surface area is 226 Å². The van der Waals surface area contributed by atoms with E-state index in [1.54, 1.807) is 14.2 Å². The fourth-order valence-corrected chi connectivity index (χ4v) is 4.79. The monoisotopic (exact) mass is 523 g/mol. The van der Waals surface area contributed by atoms with Crippen LogP contribution in [0.2, 0.25) is 0 Å². The van der Waals surface area contributed by atoms with Gasteiger partial charge in [0, 0.05) is 25.0 Å². The van der Waals surface area contributed by atoms with E-state index < -0.39 is 0 Å². The van der Waals surface area contributed by atoms with E-state index in [4.69, 9.17) is 9.47 Å². The molecule has 6 nitrogen and oxygen atoms in total. The number of ether oxygens (including phenoxy) is 2. The molecule has 0 fully saturated rings. The minimum atomic E-state index is -0.106. The van der Waals surface area contributed by atoms with Crippen molar-refractivity contribution in [3.05, 3.63) is 75.2 Å². The first kappa shape index (κ1) is 28.7. The van der Waals surface area contributed by atoms with Crippen molar-refractivity contribution in [1.82, 2.24) is 15.2 Å². The lowest BCUT2D eigenvalue weighted by atomic mass is 9.87. The van der Waals surface area contributed by atoms with Gasteiger partial charge in [0.15, 0.2) is 11.5 Å². The fraction of sp³-hybridized carbons (Fsp3) is 0.467. The molecule has 200 valence electrons. The van der Waals surface area contributed by atoms with Crippen LogP contribution in [-0.2, 0) is 24.9 Å². The Morgan fingerprint density at radius 1 is 1.00 bits per heavy atom. The number of methoxy groups -OCH3 is 2. The second-order valence-electron chi connectivity index (χ2n) is 10.8. The van der Waals surface area contributed by atoms with Crippen LogP contribution >= 0.6 is 11.3 Å². The lowest BCUT2D eigenvalue weighted by Crippen LogP contribution is -2.28. The minimum absolute atomic E-state index is 0.106. The highest BCUT2D eigenvalue weighted by atomic mass is 32.1. The van der Waals surface area contributed by atoms with Gasteiger partial charge in [-0.2, -0.15) is 0 Å². The molecule has 7 heteroatoms. The third-order valence-electron chi connectivity index (χ3n) is 6.20. The second-order valence-corrected chi connectivity index (χ2v) is 11.8. The van der Waals surface area contributed by atoms with Gasteiger partial charge in [0.25, 0.3) is 5.91 Å². The predicted octanol–water partition coefficient (Wildman–Crippen LogP) is 6.09. The van der Waals surface area contributed by atoms with E-state index in [0.717, 1.165) is 36.0 Å². The summed E-state index contributed by atoms with van der Waals surface area (Å²) < 4.78 is 10.9. The number of hydrogen-bond donors (Lipinski definition) is 1. The first-order valence-corrected chi connectivity index (χ1v) is 13.7. The molecule has 0 aliphatic rings. The van der Waals surface area contributed by atoms with Crippen molar-refractivity contribution in [3.8, 4) is 11.5 Å². The molecule has 3 rings (SSSR count). The molecule has 1 heterocycles. The average Bonchev–Trinajstić information content (AvgIpc) is 3.34. The Kier molecular flexibility index (Phi) is 10.1. The van der Waals surface area contributed by atoms with Gasteiger partial charge in [0.05, 0.1) is 20.8 Å². The molecular formula is C30H41N3O3S. The first-order chi connectivity index (χ1) is 17.6. The Morgan fingerprint density at radius 2 is 1.68 bits per heavy atom. The zero-order valence-corrected chi connectivity index (χ0v) is 24.1. The molecule has 1 amide bonds. The van der Waals surface area contributed by atoms with Gasteiger partial charge in [-0.25, -0.2) is 4.98 Å². The highest BCUT2D eigenvalue weighted by molar-refractivity contribution is 7.09. The molecule has 0 saturated carbocycles. The summed E-state index contributed by atoms with van der Waals surface area (Å²) in [4.78, 5) is 19.5. The topological polar surface area (TPSA) is 63.7 Å². The molecular weight excluding hydrogens is 482 g/mol. The van der Waals surface area contributed by atoms with Crippen molar-refractivity contribution in [1.29, 1.82) is 0 Å². The first-order valence-electron chi connectivity index (χ1n) is 12.8. The number of hydrogen-bond acceptors (Lipinski definition) is 6. The maximum absolute atomic E-state index is 12.5. The van der Waals surface area contributed by atoms with Crippen molar-refractivity contribution in [3.63, 3.8) is 0 Å². The molecule has 3 aromatic rings. The van der Waals surface area contributed by atoms with Crippen LogP contribution in [0.5, 0.6) is 11.5 Å². The molecule has 37 heavy (non-hydrogen) atoms. The average molecular weight is 524 g/mol. The lowest BCUT2D eigenvalue weighted by molar-refractivity contribution is 0.0944. The van der Waals surface area contributed by atoms with Gasteiger partial charge in [-0.05, 0) is 46.6 Å². The van der Waals surface area contributed by atoms with E-state index in [1.165, 1.54) is 28.0 Å². The number of nitrogens with zero attached hydrogens (tertiary/aromatic N) is 2. The van der Waals surface area contributed by atoms with E-state index in [2.05, 4.69) is 80.2 Å². The number of carbonyl (C=O) groups is 1. The van der Waals surface area contributed by atoms with Crippen molar-refractivity contribution in [2.75, 3.05) is 27.3 Å². The number of benzene rings is 2. The van der Waals surface area contributed by atoms with Crippen molar-refractivity contribution >= 4 is 17.2 Å². The molecule has 1 N–H and O–H groups in total. The third kappa shape index (κ3) is 8.58. The number of thiazole rings is 1. The summed E-state index contributed by atoms with van der Waals surface area (Å²) >= 11 is 1.54. The van der Waals surface area contributed by atoms with Crippen LogP contribution in [0.4, 0.5) is 0 Å². The predicted molar refractivity (Wildman–Crippen MR) is 152 cm³/mol. The van der Waals surface area contributed by atoms with Gasteiger partial charge in [0.1, 0.15) is 10.7 Å². The number of carbonyl (C=O) groups excluding carboxylic acids is 1. The van der Waals surface area contributed by atoms with Gasteiger partial charge >= 0.3 is 0 Å². The number of rotatable bonds is 12. The van der Waals surface area contributed by atoms with Crippen LogP contribution in [0.25, 0.3) is 0 Å². The second kappa shape index (κ2) is 13.1. The molecule has 0 aliphatic heterocycles. The Bertz CT molecular complexity index is 1150. The molecule has 1 aromatic heterocycles. The van der Waals surface area contributed by atoms with Crippen LogP contribution in [-0.4, -0.2) is 43.1 Å². The summed E-state index contributed by atoms with van der Waals surface area (Å²) in [5.74, 6) is 1.76.